The van der Waals surface area contributed by atoms with Crippen LogP contribution >= 0.6 is 0 Å². The summed E-state index contributed by atoms with van der Waals surface area (Å²) in [5, 5.41) is 23.0. The van der Waals surface area contributed by atoms with E-state index in [-0.39, 0.29) is 23.9 Å². The predicted molar refractivity (Wildman–Crippen MR) is 168 cm³/mol. The normalized spacial score (nSPS) is 22.9. The van der Waals surface area contributed by atoms with Crippen molar-refractivity contribution in [2.75, 3.05) is 44.7 Å². The fourth-order valence-electron chi connectivity index (χ4n) is 7.42. The van der Waals surface area contributed by atoms with Crippen molar-refractivity contribution in [2.24, 2.45) is 4.99 Å². The van der Waals surface area contributed by atoms with Gasteiger partial charge in [-0.15, -0.1) is 0 Å². The number of aliphatic hydroxyl groups excluding tert-OH is 1. The van der Waals surface area contributed by atoms with Gasteiger partial charge in [0.2, 0.25) is 0 Å². The van der Waals surface area contributed by atoms with Gasteiger partial charge in [0, 0.05) is 56.7 Å². The molecule has 3 saturated heterocycles. The molecule has 2 atom stereocenters. The maximum Gasteiger partial charge on any atom is 0.319 e. The number of fused-ring (bicyclic) bond motifs is 3. The first-order chi connectivity index (χ1) is 21.3. The van der Waals surface area contributed by atoms with Crippen LogP contribution < -0.4 is 9.64 Å². The van der Waals surface area contributed by atoms with E-state index in [1.807, 2.05) is 30.3 Å². The van der Waals surface area contributed by atoms with Gasteiger partial charge < -0.3 is 24.8 Å². The Morgan fingerprint density at radius 1 is 1.11 bits per heavy atom. The van der Waals surface area contributed by atoms with Crippen molar-refractivity contribution in [2.45, 2.75) is 56.3 Å². The second-order valence-corrected chi connectivity index (χ2v) is 12.4. The van der Waals surface area contributed by atoms with Crippen LogP contribution in [-0.4, -0.2) is 88.9 Å². The zero-order valence-corrected chi connectivity index (χ0v) is 24.8. The minimum atomic E-state index is -0.894. The number of nitrogens with zero attached hydrogens (tertiary/aromatic N) is 5. The molecule has 0 aliphatic carbocycles. The van der Waals surface area contributed by atoms with Gasteiger partial charge in [0.05, 0.1) is 11.6 Å². The third-order valence-corrected chi connectivity index (χ3v) is 9.58. The molecule has 8 nitrogen and oxygen atoms in total. The first-order valence-electron chi connectivity index (χ1n) is 15.5. The van der Waals surface area contributed by atoms with Crippen LogP contribution in [0.4, 0.5) is 14.6 Å². The van der Waals surface area contributed by atoms with Crippen LogP contribution in [0.1, 0.15) is 37.7 Å². The van der Waals surface area contributed by atoms with Crippen molar-refractivity contribution in [3.05, 3.63) is 53.8 Å². The summed E-state index contributed by atoms with van der Waals surface area (Å²) in [6.45, 7) is 2.58. The van der Waals surface area contributed by atoms with Crippen LogP contribution in [0, 0.1) is 5.82 Å². The van der Waals surface area contributed by atoms with Gasteiger partial charge in [0.1, 0.15) is 29.9 Å². The van der Waals surface area contributed by atoms with Crippen molar-refractivity contribution in [3.8, 4) is 22.9 Å². The van der Waals surface area contributed by atoms with Crippen molar-refractivity contribution < 1.29 is 23.7 Å². The van der Waals surface area contributed by atoms with E-state index in [4.69, 9.17) is 9.72 Å². The Morgan fingerprint density at radius 3 is 2.75 bits per heavy atom. The number of benzene rings is 3. The molecule has 0 spiro atoms. The summed E-state index contributed by atoms with van der Waals surface area (Å²) in [6, 6.07) is 12.8. The van der Waals surface area contributed by atoms with Crippen molar-refractivity contribution >= 4 is 33.7 Å². The zero-order valence-electron chi connectivity index (χ0n) is 24.8. The molecule has 2 N–H and O–H groups in total. The summed E-state index contributed by atoms with van der Waals surface area (Å²) in [4.78, 5) is 17.9. The van der Waals surface area contributed by atoms with Crippen LogP contribution in [0.25, 0.3) is 32.8 Å². The van der Waals surface area contributed by atoms with Crippen LogP contribution in [0.3, 0.4) is 0 Å². The Morgan fingerprint density at radius 2 is 1.93 bits per heavy atom. The van der Waals surface area contributed by atoms with Crippen molar-refractivity contribution in [3.63, 3.8) is 0 Å². The lowest BCUT2D eigenvalue weighted by atomic mass is 9.91. The van der Waals surface area contributed by atoms with Gasteiger partial charge in [-0.2, -0.15) is 9.97 Å². The Kier molecular flexibility index (Phi) is 7.58. The minimum absolute atomic E-state index is 0.0377. The summed E-state index contributed by atoms with van der Waals surface area (Å²) in [6.07, 6.45) is 4.18. The number of aliphatic imine (C=N–C) groups is 1. The fraction of sp³-hybridized carbons (Fsp3) is 0.441. The summed E-state index contributed by atoms with van der Waals surface area (Å²) in [5.74, 6) is 0.0534. The van der Waals surface area contributed by atoms with E-state index in [1.54, 1.807) is 25.4 Å². The highest BCUT2D eigenvalue weighted by atomic mass is 19.1. The number of aromatic nitrogens is 2. The quantitative estimate of drug-likeness (QED) is 0.272. The second kappa shape index (κ2) is 11.6. The number of halogens is 2. The highest BCUT2D eigenvalue weighted by Crippen LogP contribution is 2.43. The van der Waals surface area contributed by atoms with E-state index in [2.05, 4.69) is 19.8 Å². The molecule has 0 bridgehead atoms. The number of hydrogen-bond acceptors (Lipinski definition) is 8. The largest absolute Gasteiger partial charge is 0.508 e. The Hall–Kier alpha value is -3.89. The van der Waals surface area contributed by atoms with Gasteiger partial charge in [0.15, 0.2) is 5.82 Å². The summed E-state index contributed by atoms with van der Waals surface area (Å²) >= 11 is 0. The first kappa shape index (κ1) is 28.9. The molecule has 3 aromatic carbocycles. The molecular weight excluding hydrogens is 564 g/mol. The van der Waals surface area contributed by atoms with E-state index in [0.717, 1.165) is 30.2 Å². The van der Waals surface area contributed by atoms with Crippen LogP contribution in [0.5, 0.6) is 11.8 Å². The molecule has 230 valence electrons. The van der Waals surface area contributed by atoms with Crippen molar-refractivity contribution in [1.82, 2.24) is 14.9 Å². The molecular formula is C34H37F2N5O3. The molecule has 4 heterocycles. The summed E-state index contributed by atoms with van der Waals surface area (Å²) in [5.41, 5.74) is 1.30. The van der Waals surface area contributed by atoms with Gasteiger partial charge in [-0.3, -0.25) is 4.90 Å². The Labute approximate surface area is 255 Å². The van der Waals surface area contributed by atoms with Gasteiger partial charge in [-0.05, 0) is 72.3 Å². The first-order valence-corrected chi connectivity index (χ1v) is 15.5. The monoisotopic (exact) mass is 601 g/mol. The number of aliphatic hydroxyl groups is 1. The molecule has 0 radical (unpaired) electrons. The molecule has 3 aliphatic heterocycles. The third-order valence-electron chi connectivity index (χ3n) is 9.58. The topological polar surface area (TPSA) is 94.3 Å². The molecule has 0 amide bonds. The number of piperidine rings is 1. The minimum Gasteiger partial charge on any atom is -0.508 e. The average Bonchev–Trinajstić information content (AvgIpc) is 3.54. The van der Waals surface area contributed by atoms with Crippen LogP contribution in [0.15, 0.2) is 47.5 Å². The summed E-state index contributed by atoms with van der Waals surface area (Å²) < 4.78 is 37.8. The van der Waals surface area contributed by atoms with Crippen LogP contribution in [0.2, 0.25) is 0 Å². The molecule has 7 rings (SSSR count). The van der Waals surface area contributed by atoms with Gasteiger partial charge in [0.25, 0.3) is 0 Å². The lowest BCUT2D eigenvalue weighted by molar-refractivity contribution is 0.107. The highest BCUT2D eigenvalue weighted by molar-refractivity contribution is 6.03. The number of rotatable bonds is 7. The molecule has 0 saturated carbocycles. The maximum absolute atomic E-state index is 17.1. The zero-order chi connectivity index (χ0) is 30.4. The lowest BCUT2D eigenvalue weighted by Crippen LogP contribution is -2.43. The molecule has 4 aromatic rings. The number of alkyl halides is 1. The van der Waals surface area contributed by atoms with E-state index >= 15 is 4.39 Å². The SMILES string of the molecule is CN=CCc1cc2c(N3CCC(O)CC3)nc(OC[C@@]34CCCN3C[C@H](F)C4)nc2c(F)c1-c1cc(O)cc2ccccc12. The van der Waals surface area contributed by atoms with E-state index in [0.29, 0.717) is 73.2 Å². The van der Waals surface area contributed by atoms with E-state index < -0.39 is 23.6 Å². The predicted octanol–water partition coefficient (Wildman–Crippen LogP) is 5.45. The molecule has 0 unspecified atom stereocenters. The number of hydrogen-bond donors (Lipinski definition) is 2. The average molecular weight is 602 g/mol. The summed E-state index contributed by atoms with van der Waals surface area (Å²) in [7, 11) is 1.68. The van der Waals surface area contributed by atoms with E-state index in [9.17, 15) is 14.6 Å². The molecule has 44 heavy (non-hydrogen) atoms. The molecule has 3 aliphatic rings. The number of aromatic hydroxyl groups is 1. The number of phenols is 1. The number of ether oxygens (including phenoxy) is 1. The fourth-order valence-corrected chi connectivity index (χ4v) is 7.42. The number of anilines is 1. The lowest BCUT2D eigenvalue weighted by Gasteiger charge is -2.32. The highest BCUT2D eigenvalue weighted by Gasteiger charge is 2.49. The molecule has 1 aromatic heterocycles. The number of phenolic OH excluding ortho intramolecular Hbond substituents is 1. The molecule has 10 heteroatoms. The maximum atomic E-state index is 17.1. The Bertz CT molecular complexity index is 1740. The smallest absolute Gasteiger partial charge is 0.319 e. The standard InChI is InChI=1S/C34H37F2N5O3/c1-37-11-7-22-16-28-31(30(36)29(22)27-17-25(43)15-21-5-2-3-6-26(21)27)38-33(39-32(28)40-13-8-24(42)9-14-40)44-20-34-10-4-12-41(34)19-23(35)18-34/h2-3,5-6,11,15-17,23-24,42-43H,4,7-10,12-14,18-20H2,1H3/t23-,34+/m1/s1. The third kappa shape index (κ3) is 5.13. The van der Waals surface area contributed by atoms with Gasteiger partial charge in [-0.1, -0.05) is 24.3 Å². The van der Waals surface area contributed by atoms with E-state index in [1.165, 1.54) is 0 Å². The Balaban J connectivity index is 1.40. The second-order valence-electron chi connectivity index (χ2n) is 12.4. The van der Waals surface area contributed by atoms with Crippen LogP contribution in [-0.2, 0) is 6.42 Å². The van der Waals surface area contributed by atoms with Gasteiger partial charge in [-0.25, -0.2) is 8.78 Å². The van der Waals surface area contributed by atoms with Gasteiger partial charge >= 0.3 is 6.01 Å². The van der Waals surface area contributed by atoms with Crippen molar-refractivity contribution in [1.29, 1.82) is 0 Å². The molecule has 3 fully saturated rings.